The Kier molecular flexibility index (Phi) is 3.34. The van der Waals surface area contributed by atoms with Gasteiger partial charge in [-0.15, -0.1) is 0 Å². The highest BCUT2D eigenvalue weighted by Crippen LogP contribution is 2.27. The van der Waals surface area contributed by atoms with Crippen LogP contribution >= 0.6 is 0 Å². The van der Waals surface area contributed by atoms with Gasteiger partial charge in [-0.1, -0.05) is 0 Å². The summed E-state index contributed by atoms with van der Waals surface area (Å²) in [7, 11) is 0. The van der Waals surface area contributed by atoms with Gasteiger partial charge < -0.3 is 15.0 Å². The third kappa shape index (κ3) is 2.33. The highest BCUT2D eigenvalue weighted by atomic mass is 16.5. The van der Waals surface area contributed by atoms with Crippen LogP contribution < -0.4 is 5.32 Å². The van der Waals surface area contributed by atoms with Gasteiger partial charge in [0.15, 0.2) is 0 Å². The molecule has 0 saturated carbocycles. The van der Waals surface area contributed by atoms with E-state index in [2.05, 4.69) is 10.2 Å². The largest absolute Gasteiger partial charge is 0.381 e. The molecule has 0 aromatic rings. The summed E-state index contributed by atoms with van der Waals surface area (Å²) in [5.74, 6) is 1.31. The Morgan fingerprint density at radius 3 is 2.76 bits per heavy atom. The Bertz CT molecular complexity index is 275. The monoisotopic (exact) mass is 238 g/mol. The molecule has 0 bridgehead atoms. The highest BCUT2D eigenvalue weighted by Gasteiger charge is 2.38. The lowest BCUT2D eigenvalue weighted by Crippen LogP contribution is -2.41. The van der Waals surface area contributed by atoms with Crippen molar-refractivity contribution in [1.29, 1.82) is 0 Å². The van der Waals surface area contributed by atoms with Crippen molar-refractivity contribution in [2.24, 2.45) is 11.8 Å². The Balaban J connectivity index is 1.59. The van der Waals surface area contributed by atoms with Crippen LogP contribution in [0.15, 0.2) is 0 Å². The van der Waals surface area contributed by atoms with Gasteiger partial charge >= 0.3 is 0 Å². The van der Waals surface area contributed by atoms with E-state index in [0.717, 1.165) is 45.7 Å². The molecule has 1 N–H and O–H groups in total. The summed E-state index contributed by atoms with van der Waals surface area (Å²) in [6.45, 7) is 4.56. The number of amides is 1. The second-order valence-corrected chi connectivity index (χ2v) is 5.59. The Morgan fingerprint density at radius 1 is 1.18 bits per heavy atom. The average molecular weight is 238 g/mol. The van der Waals surface area contributed by atoms with Gasteiger partial charge in [0.05, 0.1) is 0 Å². The van der Waals surface area contributed by atoms with Crippen LogP contribution in [0.1, 0.15) is 25.7 Å². The molecule has 0 spiro atoms. The van der Waals surface area contributed by atoms with Crippen LogP contribution in [-0.4, -0.2) is 49.7 Å². The summed E-state index contributed by atoms with van der Waals surface area (Å²) in [5, 5.41) is 3.55. The van der Waals surface area contributed by atoms with E-state index in [9.17, 15) is 4.79 Å². The Labute approximate surface area is 103 Å². The first-order chi connectivity index (χ1) is 8.34. The highest BCUT2D eigenvalue weighted by molar-refractivity contribution is 5.79. The molecule has 3 saturated heterocycles. The van der Waals surface area contributed by atoms with E-state index in [-0.39, 0.29) is 5.92 Å². The van der Waals surface area contributed by atoms with Gasteiger partial charge in [0.1, 0.15) is 0 Å². The van der Waals surface area contributed by atoms with Crippen molar-refractivity contribution in [1.82, 2.24) is 10.2 Å². The van der Waals surface area contributed by atoms with E-state index in [0.29, 0.717) is 17.9 Å². The van der Waals surface area contributed by atoms with Crippen LogP contribution in [0, 0.1) is 11.8 Å². The van der Waals surface area contributed by atoms with Gasteiger partial charge in [0.25, 0.3) is 0 Å². The summed E-state index contributed by atoms with van der Waals surface area (Å²) in [5.41, 5.74) is 0. The molecule has 0 aromatic carbocycles. The van der Waals surface area contributed by atoms with Crippen molar-refractivity contribution in [2.45, 2.75) is 31.7 Å². The van der Waals surface area contributed by atoms with Crippen molar-refractivity contribution in [2.75, 3.05) is 32.8 Å². The van der Waals surface area contributed by atoms with Crippen LogP contribution in [0.5, 0.6) is 0 Å². The molecule has 17 heavy (non-hydrogen) atoms. The number of rotatable bonds is 1. The molecule has 3 heterocycles. The quantitative estimate of drug-likeness (QED) is 0.728. The molecule has 4 heteroatoms. The predicted octanol–water partition coefficient (Wildman–Crippen LogP) is 0.623. The predicted molar refractivity (Wildman–Crippen MR) is 64.6 cm³/mol. The molecular weight excluding hydrogens is 216 g/mol. The molecule has 0 radical (unpaired) electrons. The number of hydrogen-bond acceptors (Lipinski definition) is 3. The first-order valence-corrected chi connectivity index (χ1v) is 6.94. The van der Waals surface area contributed by atoms with Crippen molar-refractivity contribution in [3.05, 3.63) is 0 Å². The zero-order valence-corrected chi connectivity index (χ0v) is 10.4. The van der Waals surface area contributed by atoms with Crippen LogP contribution in [0.3, 0.4) is 0 Å². The van der Waals surface area contributed by atoms with Crippen molar-refractivity contribution in [3.8, 4) is 0 Å². The molecule has 0 aromatic heterocycles. The summed E-state index contributed by atoms with van der Waals surface area (Å²) < 4.78 is 5.32. The molecule has 3 rings (SSSR count). The number of carbonyl (C=O) groups is 1. The van der Waals surface area contributed by atoms with Gasteiger partial charge in [-0.3, -0.25) is 4.79 Å². The number of piperidine rings is 1. The van der Waals surface area contributed by atoms with Gasteiger partial charge in [0.2, 0.25) is 5.91 Å². The fraction of sp³-hybridized carbons (Fsp3) is 0.923. The van der Waals surface area contributed by atoms with Gasteiger partial charge in [0, 0.05) is 38.3 Å². The minimum atomic E-state index is 0.226. The number of likely N-dealkylation sites (tertiary alicyclic amines) is 1. The fourth-order valence-electron chi connectivity index (χ4n) is 3.43. The van der Waals surface area contributed by atoms with Crippen LogP contribution in [0.4, 0.5) is 0 Å². The number of ether oxygens (including phenoxy) is 1. The minimum Gasteiger partial charge on any atom is -0.381 e. The molecule has 0 aliphatic carbocycles. The molecule has 4 nitrogen and oxygen atoms in total. The number of nitrogens with zero attached hydrogens (tertiary/aromatic N) is 1. The molecule has 3 aliphatic heterocycles. The fourth-order valence-corrected chi connectivity index (χ4v) is 3.43. The molecule has 96 valence electrons. The second kappa shape index (κ2) is 4.94. The lowest BCUT2D eigenvalue weighted by molar-refractivity contribution is -0.137. The van der Waals surface area contributed by atoms with E-state index in [1.165, 1.54) is 12.8 Å². The third-order valence-corrected chi connectivity index (χ3v) is 4.48. The topological polar surface area (TPSA) is 41.6 Å². The zero-order valence-electron chi connectivity index (χ0n) is 10.4. The normalized spacial score (nSPS) is 34.7. The first-order valence-electron chi connectivity index (χ1n) is 6.94. The average Bonchev–Trinajstić information content (AvgIpc) is 2.82. The van der Waals surface area contributed by atoms with Crippen molar-refractivity contribution < 1.29 is 9.53 Å². The minimum absolute atomic E-state index is 0.226. The zero-order chi connectivity index (χ0) is 11.7. The number of hydrogen-bond donors (Lipinski definition) is 1. The summed E-state index contributed by atoms with van der Waals surface area (Å²) in [6.07, 6.45) is 4.38. The molecule has 3 fully saturated rings. The Morgan fingerprint density at radius 2 is 2.00 bits per heavy atom. The van der Waals surface area contributed by atoms with E-state index in [1.54, 1.807) is 0 Å². The molecule has 3 aliphatic rings. The smallest absolute Gasteiger partial charge is 0.225 e. The molecule has 2 unspecified atom stereocenters. The number of nitrogens with one attached hydrogen (secondary N) is 1. The SMILES string of the molecule is O=C(C1CCOCC1)N1CC2CCCNC2C1. The van der Waals surface area contributed by atoms with Crippen LogP contribution in [0.2, 0.25) is 0 Å². The van der Waals surface area contributed by atoms with E-state index >= 15 is 0 Å². The van der Waals surface area contributed by atoms with Gasteiger partial charge in [-0.2, -0.15) is 0 Å². The summed E-state index contributed by atoms with van der Waals surface area (Å²) in [4.78, 5) is 14.5. The Hall–Kier alpha value is -0.610. The standard InChI is InChI=1S/C13H22N2O2/c16-13(10-3-6-17-7-4-10)15-8-11-2-1-5-14-12(11)9-15/h10-12,14H,1-9H2. The lowest BCUT2D eigenvalue weighted by atomic mass is 9.94. The first kappa shape index (κ1) is 11.5. The maximum Gasteiger partial charge on any atom is 0.225 e. The third-order valence-electron chi connectivity index (χ3n) is 4.48. The molecule has 2 atom stereocenters. The molecular formula is C13H22N2O2. The second-order valence-electron chi connectivity index (χ2n) is 5.59. The van der Waals surface area contributed by atoms with E-state index in [1.807, 2.05) is 0 Å². The van der Waals surface area contributed by atoms with Crippen molar-refractivity contribution >= 4 is 5.91 Å². The van der Waals surface area contributed by atoms with Gasteiger partial charge in [-0.05, 0) is 38.1 Å². The number of carbonyl (C=O) groups excluding carboxylic acids is 1. The van der Waals surface area contributed by atoms with Crippen molar-refractivity contribution in [3.63, 3.8) is 0 Å². The maximum absolute atomic E-state index is 12.4. The number of fused-ring (bicyclic) bond motifs is 1. The summed E-state index contributed by atoms with van der Waals surface area (Å²) in [6, 6.07) is 0.563. The van der Waals surface area contributed by atoms with Gasteiger partial charge in [-0.25, -0.2) is 0 Å². The van der Waals surface area contributed by atoms with E-state index < -0.39 is 0 Å². The van der Waals surface area contributed by atoms with E-state index in [4.69, 9.17) is 4.74 Å². The van der Waals surface area contributed by atoms with Crippen LogP contribution in [0.25, 0.3) is 0 Å². The lowest BCUT2D eigenvalue weighted by Gasteiger charge is -2.26. The van der Waals surface area contributed by atoms with Crippen LogP contribution in [-0.2, 0) is 9.53 Å². The maximum atomic E-state index is 12.4. The molecule has 1 amide bonds. The summed E-state index contributed by atoms with van der Waals surface area (Å²) >= 11 is 0.